The number of hydrogen-bond donors (Lipinski definition) is 0. The Hall–Kier alpha value is -2.96. The van der Waals surface area contributed by atoms with Crippen LogP contribution in [0.15, 0.2) is 60.8 Å². The largest absolute Gasteiger partial charge is 0.490 e. The van der Waals surface area contributed by atoms with Crippen molar-refractivity contribution in [3.05, 3.63) is 71.9 Å². The highest BCUT2D eigenvalue weighted by Gasteiger charge is 2.40. The molecule has 0 saturated carbocycles. The first-order valence-corrected chi connectivity index (χ1v) is 10.7. The smallest absolute Gasteiger partial charge is 0.253 e. The zero-order chi connectivity index (χ0) is 21.3. The standard InChI is InChI=1S/C25H26N2O4/c1-29-25(16-30-17-25)19-8-6-18(7-9-19)24(28)27-14-11-20(12-15-27)31-23-10-13-26-22-5-3-2-4-21(22)23/h2-10,13,20H,11-12,14-17H2,1H3. The lowest BCUT2D eigenvalue weighted by atomic mass is 9.91. The molecule has 2 aromatic carbocycles. The van der Waals surface area contributed by atoms with E-state index in [1.807, 2.05) is 59.5 Å². The van der Waals surface area contributed by atoms with Crippen LogP contribution in [0.1, 0.15) is 28.8 Å². The van der Waals surface area contributed by atoms with E-state index in [4.69, 9.17) is 14.2 Å². The van der Waals surface area contributed by atoms with Gasteiger partial charge in [-0.2, -0.15) is 0 Å². The molecule has 2 aliphatic heterocycles. The molecule has 0 spiro atoms. The molecule has 0 atom stereocenters. The Morgan fingerprint density at radius 2 is 1.81 bits per heavy atom. The predicted molar refractivity (Wildman–Crippen MR) is 117 cm³/mol. The highest BCUT2D eigenvalue weighted by Crippen LogP contribution is 2.33. The van der Waals surface area contributed by atoms with Crippen LogP contribution in [0.2, 0.25) is 0 Å². The normalized spacial score (nSPS) is 18.5. The molecule has 6 heteroatoms. The topological polar surface area (TPSA) is 60.9 Å². The number of para-hydroxylation sites is 1. The Morgan fingerprint density at radius 1 is 1.06 bits per heavy atom. The number of aromatic nitrogens is 1. The fourth-order valence-corrected chi connectivity index (χ4v) is 4.32. The monoisotopic (exact) mass is 418 g/mol. The molecule has 0 unspecified atom stereocenters. The molecule has 5 rings (SSSR count). The maximum atomic E-state index is 13.0. The second kappa shape index (κ2) is 8.29. The van der Waals surface area contributed by atoms with E-state index in [0.29, 0.717) is 31.9 Å². The van der Waals surface area contributed by atoms with Gasteiger partial charge in [-0.15, -0.1) is 0 Å². The number of likely N-dealkylation sites (tertiary alicyclic amines) is 1. The lowest BCUT2D eigenvalue weighted by Gasteiger charge is -2.40. The average Bonchev–Trinajstić information content (AvgIpc) is 2.80. The molecular formula is C25H26N2O4. The highest BCUT2D eigenvalue weighted by molar-refractivity contribution is 5.94. The van der Waals surface area contributed by atoms with Crippen molar-refractivity contribution in [1.82, 2.24) is 9.88 Å². The molecule has 0 radical (unpaired) electrons. The van der Waals surface area contributed by atoms with Crippen molar-refractivity contribution in [3.63, 3.8) is 0 Å². The molecule has 2 saturated heterocycles. The molecule has 2 aliphatic rings. The molecule has 1 aromatic heterocycles. The minimum absolute atomic E-state index is 0.0655. The predicted octanol–water partition coefficient (Wildman–Crippen LogP) is 3.79. The lowest BCUT2D eigenvalue weighted by molar-refractivity contribution is -0.202. The number of carbonyl (C=O) groups is 1. The maximum absolute atomic E-state index is 13.0. The summed E-state index contributed by atoms with van der Waals surface area (Å²) in [5, 5.41) is 1.02. The van der Waals surface area contributed by atoms with Gasteiger partial charge in [0.1, 0.15) is 17.5 Å². The number of amides is 1. The summed E-state index contributed by atoms with van der Waals surface area (Å²) in [6.45, 7) is 2.47. The number of pyridine rings is 1. The fraction of sp³-hybridized carbons (Fsp3) is 0.360. The average molecular weight is 418 g/mol. The number of benzene rings is 2. The number of hydrogen-bond acceptors (Lipinski definition) is 5. The van der Waals surface area contributed by atoms with E-state index in [-0.39, 0.29) is 17.6 Å². The summed E-state index contributed by atoms with van der Waals surface area (Å²) in [5.41, 5.74) is 2.32. The molecule has 2 fully saturated rings. The van der Waals surface area contributed by atoms with Crippen LogP contribution in [0.25, 0.3) is 10.9 Å². The van der Waals surface area contributed by atoms with Crippen LogP contribution in [0.3, 0.4) is 0 Å². The summed E-state index contributed by atoms with van der Waals surface area (Å²) in [6, 6.07) is 17.6. The number of rotatable bonds is 5. The number of nitrogens with zero attached hydrogens (tertiary/aromatic N) is 2. The van der Waals surface area contributed by atoms with Gasteiger partial charge in [-0.3, -0.25) is 9.78 Å². The number of ether oxygens (including phenoxy) is 3. The van der Waals surface area contributed by atoms with Crippen LogP contribution < -0.4 is 4.74 Å². The van der Waals surface area contributed by atoms with Gasteiger partial charge in [0.15, 0.2) is 0 Å². The van der Waals surface area contributed by atoms with Gasteiger partial charge in [0, 0.05) is 50.2 Å². The van der Waals surface area contributed by atoms with Crippen LogP contribution in [-0.2, 0) is 15.1 Å². The van der Waals surface area contributed by atoms with Crippen molar-refractivity contribution in [3.8, 4) is 5.75 Å². The highest BCUT2D eigenvalue weighted by atomic mass is 16.6. The molecule has 3 heterocycles. The van der Waals surface area contributed by atoms with Crippen LogP contribution in [-0.4, -0.2) is 55.3 Å². The Labute approximate surface area is 181 Å². The van der Waals surface area contributed by atoms with E-state index in [1.165, 1.54) is 0 Å². The van der Waals surface area contributed by atoms with Gasteiger partial charge in [-0.05, 0) is 35.9 Å². The first-order valence-electron chi connectivity index (χ1n) is 10.7. The first-order chi connectivity index (χ1) is 15.2. The van der Waals surface area contributed by atoms with Gasteiger partial charge in [-0.1, -0.05) is 24.3 Å². The van der Waals surface area contributed by atoms with Gasteiger partial charge in [0.05, 0.1) is 18.7 Å². The molecular weight excluding hydrogens is 392 g/mol. The number of carbonyl (C=O) groups excluding carboxylic acids is 1. The third-order valence-corrected chi connectivity index (χ3v) is 6.35. The number of methoxy groups -OCH3 is 1. The number of fused-ring (bicyclic) bond motifs is 1. The molecule has 6 nitrogen and oxygen atoms in total. The maximum Gasteiger partial charge on any atom is 0.253 e. The summed E-state index contributed by atoms with van der Waals surface area (Å²) in [4.78, 5) is 19.3. The van der Waals surface area contributed by atoms with E-state index >= 15 is 0 Å². The minimum atomic E-state index is -0.367. The molecule has 1 amide bonds. The van der Waals surface area contributed by atoms with Gasteiger partial charge < -0.3 is 19.1 Å². The van der Waals surface area contributed by atoms with Gasteiger partial charge in [0.2, 0.25) is 0 Å². The van der Waals surface area contributed by atoms with Crippen molar-refractivity contribution >= 4 is 16.8 Å². The van der Waals surface area contributed by atoms with E-state index in [1.54, 1.807) is 13.3 Å². The quantitative estimate of drug-likeness (QED) is 0.631. The first kappa shape index (κ1) is 20.0. The van der Waals surface area contributed by atoms with Crippen LogP contribution in [0.4, 0.5) is 0 Å². The molecule has 0 aliphatic carbocycles. The summed E-state index contributed by atoms with van der Waals surface area (Å²) in [7, 11) is 1.70. The zero-order valence-corrected chi connectivity index (χ0v) is 17.6. The van der Waals surface area contributed by atoms with Gasteiger partial charge in [-0.25, -0.2) is 0 Å². The van der Waals surface area contributed by atoms with Gasteiger partial charge in [0.25, 0.3) is 5.91 Å². The van der Waals surface area contributed by atoms with Crippen molar-refractivity contribution in [2.24, 2.45) is 0 Å². The van der Waals surface area contributed by atoms with E-state index in [9.17, 15) is 4.79 Å². The Balaban J connectivity index is 1.21. The molecule has 3 aromatic rings. The van der Waals surface area contributed by atoms with E-state index < -0.39 is 0 Å². The van der Waals surface area contributed by atoms with Crippen molar-refractivity contribution in [1.29, 1.82) is 0 Å². The van der Waals surface area contributed by atoms with Crippen molar-refractivity contribution in [2.45, 2.75) is 24.5 Å². The zero-order valence-electron chi connectivity index (χ0n) is 17.6. The summed E-state index contributed by atoms with van der Waals surface area (Å²) < 4.78 is 17.2. The molecule has 31 heavy (non-hydrogen) atoms. The summed E-state index contributed by atoms with van der Waals surface area (Å²) in [6.07, 6.45) is 3.50. The third-order valence-electron chi connectivity index (χ3n) is 6.35. The SMILES string of the molecule is COC1(c2ccc(C(=O)N3CCC(Oc4ccnc5ccccc45)CC3)cc2)COC1. The molecule has 0 bridgehead atoms. The van der Waals surface area contributed by atoms with E-state index in [2.05, 4.69) is 4.98 Å². The van der Waals surface area contributed by atoms with Crippen molar-refractivity contribution < 1.29 is 19.0 Å². The van der Waals surface area contributed by atoms with E-state index in [0.717, 1.165) is 35.1 Å². The molecule has 160 valence electrons. The second-order valence-corrected chi connectivity index (χ2v) is 8.20. The summed E-state index contributed by atoms with van der Waals surface area (Å²) >= 11 is 0. The van der Waals surface area contributed by atoms with Crippen LogP contribution >= 0.6 is 0 Å². The Morgan fingerprint density at radius 3 is 2.48 bits per heavy atom. The Kier molecular flexibility index (Phi) is 5.34. The van der Waals surface area contributed by atoms with Crippen LogP contribution in [0.5, 0.6) is 5.75 Å². The molecule has 0 N–H and O–H groups in total. The Bertz CT molecular complexity index is 1060. The second-order valence-electron chi connectivity index (χ2n) is 8.20. The fourth-order valence-electron chi connectivity index (χ4n) is 4.32. The lowest BCUT2D eigenvalue weighted by Crippen LogP contribution is -2.48. The number of piperidine rings is 1. The van der Waals surface area contributed by atoms with Crippen molar-refractivity contribution in [2.75, 3.05) is 33.4 Å². The minimum Gasteiger partial charge on any atom is -0.490 e. The third kappa shape index (κ3) is 3.77. The van der Waals surface area contributed by atoms with Crippen LogP contribution in [0, 0.1) is 0 Å². The van der Waals surface area contributed by atoms with Gasteiger partial charge >= 0.3 is 0 Å². The summed E-state index contributed by atoms with van der Waals surface area (Å²) in [5.74, 6) is 0.925.